The first-order valence-electron chi connectivity index (χ1n) is 9.21. The number of rotatable bonds is 5. The van der Waals surface area contributed by atoms with Gasteiger partial charge in [-0.1, -0.05) is 50.6 Å². The van der Waals surface area contributed by atoms with Gasteiger partial charge in [-0.3, -0.25) is 14.6 Å². The standard InChI is InChI=1S/C22H25ClN2O2/c1-13-6-5-9-24-20(13)19(26)12-25-21(27)16-11-15(16)14-7-8-17(18(23)10-14)22(2,3)4/h5-10,15-16H,11-12H2,1-4H3,(H,25,27). The number of carbonyl (C=O) groups excluding carboxylic acids is 2. The van der Waals surface area contributed by atoms with Crippen molar-refractivity contribution in [3.05, 3.63) is 63.9 Å². The summed E-state index contributed by atoms with van der Waals surface area (Å²) in [6.07, 6.45) is 2.37. The molecule has 0 aliphatic heterocycles. The molecule has 142 valence electrons. The van der Waals surface area contributed by atoms with Gasteiger partial charge in [0.2, 0.25) is 11.7 Å². The van der Waals surface area contributed by atoms with Crippen LogP contribution in [0.25, 0.3) is 0 Å². The third-order valence-electron chi connectivity index (χ3n) is 5.05. The molecule has 27 heavy (non-hydrogen) atoms. The summed E-state index contributed by atoms with van der Waals surface area (Å²) in [4.78, 5) is 28.8. The average Bonchev–Trinajstić information content (AvgIpc) is 3.39. The molecule has 1 N–H and O–H groups in total. The summed E-state index contributed by atoms with van der Waals surface area (Å²) >= 11 is 6.45. The Bertz CT molecular complexity index is 886. The summed E-state index contributed by atoms with van der Waals surface area (Å²) in [5.74, 6) is -0.184. The molecule has 0 bridgehead atoms. The van der Waals surface area contributed by atoms with E-state index >= 15 is 0 Å². The first-order valence-corrected chi connectivity index (χ1v) is 9.58. The predicted molar refractivity (Wildman–Crippen MR) is 107 cm³/mol. The van der Waals surface area contributed by atoms with E-state index < -0.39 is 0 Å². The quantitative estimate of drug-likeness (QED) is 0.775. The number of aromatic nitrogens is 1. The fraction of sp³-hybridized carbons (Fsp3) is 0.409. The SMILES string of the molecule is Cc1cccnc1C(=O)CNC(=O)C1CC1c1ccc(C(C)(C)C)c(Cl)c1. The van der Waals surface area contributed by atoms with Gasteiger partial charge in [-0.15, -0.1) is 0 Å². The fourth-order valence-corrected chi connectivity index (χ4v) is 3.86. The normalized spacial score (nSPS) is 18.9. The van der Waals surface area contributed by atoms with Gasteiger partial charge in [0.05, 0.1) is 6.54 Å². The van der Waals surface area contributed by atoms with E-state index in [1.807, 2.05) is 19.1 Å². The number of pyridine rings is 1. The van der Waals surface area contributed by atoms with Crippen molar-refractivity contribution in [2.24, 2.45) is 5.92 Å². The van der Waals surface area contributed by atoms with E-state index in [0.717, 1.165) is 28.1 Å². The van der Waals surface area contributed by atoms with Gasteiger partial charge in [0.1, 0.15) is 5.69 Å². The Morgan fingerprint density at radius 1 is 1.26 bits per heavy atom. The molecule has 1 amide bonds. The lowest BCUT2D eigenvalue weighted by Crippen LogP contribution is -2.31. The highest BCUT2D eigenvalue weighted by Crippen LogP contribution is 2.48. The Morgan fingerprint density at radius 3 is 2.63 bits per heavy atom. The van der Waals surface area contributed by atoms with Crippen LogP contribution in [0.2, 0.25) is 5.02 Å². The molecule has 1 heterocycles. The summed E-state index contributed by atoms with van der Waals surface area (Å²) in [5.41, 5.74) is 3.40. The first-order chi connectivity index (χ1) is 12.7. The Labute approximate surface area is 165 Å². The second-order valence-electron chi connectivity index (χ2n) is 8.25. The smallest absolute Gasteiger partial charge is 0.224 e. The number of nitrogens with zero attached hydrogens (tertiary/aromatic N) is 1. The molecule has 0 spiro atoms. The maximum atomic E-state index is 12.4. The molecule has 2 aromatic rings. The largest absolute Gasteiger partial charge is 0.348 e. The van der Waals surface area contributed by atoms with Gasteiger partial charge >= 0.3 is 0 Å². The zero-order valence-electron chi connectivity index (χ0n) is 16.2. The van der Waals surface area contributed by atoms with Crippen LogP contribution in [0.5, 0.6) is 0 Å². The minimum Gasteiger partial charge on any atom is -0.348 e. The lowest BCUT2D eigenvalue weighted by atomic mass is 9.86. The predicted octanol–water partition coefficient (Wildman–Crippen LogP) is 4.44. The average molecular weight is 385 g/mol. The van der Waals surface area contributed by atoms with E-state index in [9.17, 15) is 9.59 Å². The number of amides is 1. The van der Waals surface area contributed by atoms with Crippen molar-refractivity contribution in [3.63, 3.8) is 0 Å². The number of ketones is 1. The summed E-state index contributed by atoms with van der Waals surface area (Å²) < 4.78 is 0. The van der Waals surface area contributed by atoms with Gasteiger partial charge in [0.25, 0.3) is 0 Å². The lowest BCUT2D eigenvalue weighted by Gasteiger charge is -2.21. The maximum Gasteiger partial charge on any atom is 0.224 e. The van der Waals surface area contributed by atoms with E-state index in [1.165, 1.54) is 0 Å². The third kappa shape index (κ3) is 4.38. The Hall–Kier alpha value is -2.20. The number of halogens is 1. The molecule has 2 atom stereocenters. The van der Waals surface area contributed by atoms with Gasteiger partial charge in [-0.25, -0.2) is 0 Å². The highest BCUT2D eigenvalue weighted by molar-refractivity contribution is 6.31. The van der Waals surface area contributed by atoms with Gasteiger partial charge in [0.15, 0.2) is 0 Å². The number of aryl methyl sites for hydroxylation is 1. The summed E-state index contributed by atoms with van der Waals surface area (Å²) in [6, 6.07) is 9.72. The van der Waals surface area contributed by atoms with Crippen molar-refractivity contribution < 1.29 is 9.59 Å². The van der Waals surface area contributed by atoms with Gasteiger partial charge in [-0.2, -0.15) is 0 Å². The molecule has 2 unspecified atom stereocenters. The van der Waals surface area contributed by atoms with Crippen LogP contribution in [0.3, 0.4) is 0 Å². The van der Waals surface area contributed by atoms with Crippen molar-refractivity contribution in [3.8, 4) is 0 Å². The van der Waals surface area contributed by atoms with Crippen LogP contribution >= 0.6 is 11.6 Å². The monoisotopic (exact) mass is 384 g/mol. The van der Waals surface area contributed by atoms with Gasteiger partial charge in [0, 0.05) is 17.1 Å². The van der Waals surface area contributed by atoms with Crippen LogP contribution in [-0.4, -0.2) is 23.2 Å². The molecule has 1 fully saturated rings. The zero-order chi connectivity index (χ0) is 19.8. The molecule has 1 aromatic heterocycles. The molecule has 5 heteroatoms. The van der Waals surface area contributed by atoms with Crippen LogP contribution in [0.15, 0.2) is 36.5 Å². The number of benzene rings is 1. The molecular formula is C22H25ClN2O2. The van der Waals surface area contributed by atoms with Crippen LogP contribution < -0.4 is 5.32 Å². The summed E-state index contributed by atoms with van der Waals surface area (Å²) in [7, 11) is 0. The number of carbonyl (C=O) groups is 2. The molecule has 4 nitrogen and oxygen atoms in total. The van der Waals surface area contributed by atoms with E-state index in [4.69, 9.17) is 11.6 Å². The molecular weight excluding hydrogens is 360 g/mol. The van der Waals surface area contributed by atoms with Crippen LogP contribution in [-0.2, 0) is 10.2 Å². The third-order valence-corrected chi connectivity index (χ3v) is 5.37. The van der Waals surface area contributed by atoms with E-state index in [0.29, 0.717) is 5.69 Å². The van der Waals surface area contributed by atoms with Crippen LogP contribution in [0.1, 0.15) is 60.3 Å². The number of hydrogen-bond acceptors (Lipinski definition) is 3. The number of hydrogen-bond donors (Lipinski definition) is 1. The van der Waals surface area contributed by atoms with Gasteiger partial charge < -0.3 is 5.32 Å². The van der Waals surface area contributed by atoms with E-state index in [2.05, 4.69) is 43.2 Å². The molecule has 1 aliphatic rings. The minimum absolute atomic E-state index is 0.0140. The lowest BCUT2D eigenvalue weighted by molar-refractivity contribution is -0.122. The Morgan fingerprint density at radius 2 is 2.00 bits per heavy atom. The van der Waals surface area contributed by atoms with E-state index in [1.54, 1.807) is 12.3 Å². The Kier molecular flexibility index (Phi) is 5.38. The highest BCUT2D eigenvalue weighted by Gasteiger charge is 2.44. The molecule has 1 saturated carbocycles. The van der Waals surface area contributed by atoms with Gasteiger partial charge in [-0.05, 0) is 53.5 Å². The second-order valence-corrected chi connectivity index (χ2v) is 8.66. The first kappa shape index (κ1) is 19.6. The van der Waals surface area contributed by atoms with Crippen molar-refractivity contribution in [2.45, 2.75) is 45.4 Å². The number of Topliss-reactive ketones (excluding diaryl/α,β-unsaturated/α-hetero) is 1. The minimum atomic E-state index is -0.170. The molecule has 0 saturated heterocycles. The van der Waals surface area contributed by atoms with Crippen molar-refractivity contribution >= 4 is 23.3 Å². The number of nitrogens with one attached hydrogen (secondary N) is 1. The van der Waals surface area contributed by atoms with Crippen molar-refractivity contribution in [1.82, 2.24) is 10.3 Å². The molecule has 0 radical (unpaired) electrons. The molecule has 1 aromatic carbocycles. The summed E-state index contributed by atoms with van der Waals surface area (Å²) in [5, 5.41) is 3.50. The van der Waals surface area contributed by atoms with Crippen molar-refractivity contribution in [2.75, 3.05) is 6.54 Å². The summed E-state index contributed by atoms with van der Waals surface area (Å²) in [6.45, 7) is 8.19. The highest BCUT2D eigenvalue weighted by atomic mass is 35.5. The van der Waals surface area contributed by atoms with E-state index in [-0.39, 0.29) is 35.5 Å². The zero-order valence-corrected chi connectivity index (χ0v) is 16.9. The Balaban J connectivity index is 1.59. The van der Waals surface area contributed by atoms with Crippen LogP contribution in [0, 0.1) is 12.8 Å². The fourth-order valence-electron chi connectivity index (χ4n) is 3.38. The molecule has 1 aliphatic carbocycles. The molecule has 3 rings (SSSR count). The topological polar surface area (TPSA) is 59.1 Å². The van der Waals surface area contributed by atoms with Crippen LogP contribution in [0.4, 0.5) is 0 Å². The van der Waals surface area contributed by atoms with Crippen molar-refractivity contribution in [1.29, 1.82) is 0 Å². The maximum absolute atomic E-state index is 12.4. The second kappa shape index (κ2) is 7.43.